The Bertz CT molecular complexity index is 7520. The number of hydrogen-bond acceptors (Lipinski definition) is 3. The van der Waals surface area contributed by atoms with Crippen LogP contribution in [0.15, 0.2) is 455 Å². The monoisotopic (exact) mass is 1530 g/mol. The fourth-order valence-corrected chi connectivity index (χ4v) is 20.9. The number of aromatic nitrogens is 3. The fourth-order valence-electron chi connectivity index (χ4n) is 20.9. The first kappa shape index (κ1) is 68.7. The van der Waals surface area contributed by atoms with E-state index in [0.717, 1.165) is 67.8 Å². The Hall–Kier alpha value is -15.7. The lowest BCUT2D eigenvalue weighted by Crippen LogP contribution is -2.26. The molecule has 0 N–H and O–H groups in total. The highest BCUT2D eigenvalue weighted by Gasteiger charge is 2.53. The summed E-state index contributed by atoms with van der Waals surface area (Å²) in [5.41, 5.74) is 41.2. The van der Waals surface area contributed by atoms with Gasteiger partial charge < -0.3 is 18.9 Å². The molecular formula is C115H75N5. The molecule has 0 atom stereocenters. The fraction of sp³-hybridized carbons (Fsp3) is 0.0174. The standard InChI is InChI=1S/C60H39N3.C55H36N2/c1-2-16-44(17-3-1)62(45-30-27-40(28-31-45)43-15-13-35-61-39-43)46-18-12-14-41(36-46)42-29-33-53-52-22-7-11-26-58(52)63(59(53)37-42)47-32-34-51-50-21-6-10-25-56(50)60(57(51)38-47)54-23-8-4-19-48(54)49-20-5-9-24-55(49)60;1-3-17-39(18-4-1)56(40-19-5-2-6-20-40)41-21-15-16-37(34-41)38-30-32-47-46-25-10-14-29-53(46)57(54(47)35-38)42-31-33-52-48(36-42)45-24-9-13-28-51(45)55(52)49-26-11-7-22-43(49)44-23-8-12-27-50(44)55/h1-39H;1-36H. The molecule has 3 heterocycles. The molecule has 120 heavy (non-hydrogen) atoms. The van der Waals surface area contributed by atoms with Gasteiger partial charge in [-0.05, 0) is 250 Å². The number of pyridine rings is 1. The van der Waals surface area contributed by atoms with Gasteiger partial charge in [0.05, 0.1) is 32.9 Å². The van der Waals surface area contributed by atoms with Gasteiger partial charge in [0.25, 0.3) is 0 Å². The molecule has 4 aliphatic rings. The minimum atomic E-state index is -0.414. The highest BCUT2D eigenvalue weighted by atomic mass is 15.1. The van der Waals surface area contributed by atoms with E-state index in [0.29, 0.717) is 0 Å². The van der Waals surface area contributed by atoms with Crippen LogP contribution in [0.5, 0.6) is 0 Å². The quantitative estimate of drug-likeness (QED) is 0.129. The molecule has 0 amide bonds. The van der Waals surface area contributed by atoms with Crippen LogP contribution in [0.1, 0.15) is 44.5 Å². The first-order valence-electron chi connectivity index (χ1n) is 41.5. The molecule has 0 saturated carbocycles. The zero-order valence-electron chi connectivity index (χ0n) is 65.5. The van der Waals surface area contributed by atoms with Crippen LogP contribution in [-0.2, 0) is 10.8 Å². The zero-order valence-corrected chi connectivity index (χ0v) is 65.5. The average molecular weight is 1530 g/mol. The van der Waals surface area contributed by atoms with E-state index >= 15 is 0 Å². The molecule has 2 spiro atoms. The van der Waals surface area contributed by atoms with Gasteiger partial charge in [-0.25, -0.2) is 0 Å². The lowest BCUT2D eigenvalue weighted by atomic mass is 9.70. The summed E-state index contributed by atoms with van der Waals surface area (Å²) in [4.78, 5) is 9.01. The van der Waals surface area contributed by atoms with Gasteiger partial charge >= 0.3 is 0 Å². The van der Waals surface area contributed by atoms with Crippen molar-refractivity contribution >= 4 is 77.7 Å². The van der Waals surface area contributed by atoms with Crippen molar-refractivity contribution in [2.75, 3.05) is 9.80 Å². The summed E-state index contributed by atoms with van der Waals surface area (Å²) in [6.45, 7) is 0. The zero-order chi connectivity index (χ0) is 79.0. The molecule has 5 nitrogen and oxygen atoms in total. The van der Waals surface area contributed by atoms with E-state index in [1.54, 1.807) is 0 Å². The van der Waals surface area contributed by atoms with Gasteiger partial charge in [-0.2, -0.15) is 0 Å². The van der Waals surface area contributed by atoms with E-state index in [4.69, 9.17) is 0 Å². The van der Waals surface area contributed by atoms with Crippen molar-refractivity contribution in [3.8, 4) is 89.3 Å². The van der Waals surface area contributed by atoms with Gasteiger partial charge in [-0.1, -0.05) is 315 Å². The van der Waals surface area contributed by atoms with Crippen LogP contribution in [0.2, 0.25) is 0 Å². The van der Waals surface area contributed by atoms with E-state index in [2.05, 4.69) is 461 Å². The number of benzene rings is 18. The third kappa shape index (κ3) is 10.4. The third-order valence-electron chi connectivity index (χ3n) is 25.9. The lowest BCUT2D eigenvalue weighted by molar-refractivity contribution is 0.792. The van der Waals surface area contributed by atoms with Crippen molar-refractivity contribution in [1.82, 2.24) is 14.1 Å². The summed E-state index contributed by atoms with van der Waals surface area (Å²) in [5.74, 6) is 0. The Morgan fingerprint density at radius 2 is 0.508 bits per heavy atom. The van der Waals surface area contributed by atoms with Crippen molar-refractivity contribution in [1.29, 1.82) is 0 Å². The van der Waals surface area contributed by atoms with Crippen molar-refractivity contribution in [3.63, 3.8) is 0 Å². The second-order valence-electron chi connectivity index (χ2n) is 32.0. The molecule has 5 heteroatoms. The maximum Gasteiger partial charge on any atom is 0.0726 e. The van der Waals surface area contributed by atoms with Gasteiger partial charge in [0.1, 0.15) is 0 Å². The van der Waals surface area contributed by atoms with Gasteiger partial charge in [0, 0.05) is 79.4 Å². The highest BCUT2D eigenvalue weighted by molar-refractivity contribution is 6.12. The summed E-state index contributed by atoms with van der Waals surface area (Å²) in [5, 5.41) is 4.98. The van der Waals surface area contributed by atoms with E-state index < -0.39 is 5.41 Å². The molecule has 0 bridgehead atoms. The summed E-state index contributed by atoms with van der Waals surface area (Å²) < 4.78 is 4.96. The Balaban J connectivity index is 0.000000137. The molecule has 4 aliphatic carbocycles. The number of fused-ring (bicyclic) bond motifs is 26. The molecule has 18 aromatic carbocycles. The topological polar surface area (TPSA) is 29.2 Å². The lowest BCUT2D eigenvalue weighted by Gasteiger charge is -2.30. The van der Waals surface area contributed by atoms with Crippen LogP contribution < -0.4 is 9.80 Å². The molecule has 0 fully saturated rings. The van der Waals surface area contributed by atoms with Crippen LogP contribution >= 0.6 is 0 Å². The summed E-state index contributed by atoms with van der Waals surface area (Å²) in [7, 11) is 0. The molecule has 0 aliphatic heterocycles. The number of rotatable bonds is 11. The Labute approximate surface area is 696 Å². The summed E-state index contributed by atoms with van der Waals surface area (Å²) >= 11 is 0. The molecular weight excluding hydrogens is 1450 g/mol. The molecule has 21 aromatic rings. The molecule has 560 valence electrons. The van der Waals surface area contributed by atoms with E-state index in [-0.39, 0.29) is 5.41 Å². The predicted molar refractivity (Wildman–Crippen MR) is 498 cm³/mol. The highest BCUT2D eigenvalue weighted by Crippen LogP contribution is 2.65. The summed E-state index contributed by atoms with van der Waals surface area (Å²) in [6, 6.07) is 163. The van der Waals surface area contributed by atoms with E-state index in [1.165, 1.54) is 144 Å². The molecule has 0 saturated heterocycles. The molecule has 0 radical (unpaired) electrons. The smallest absolute Gasteiger partial charge is 0.0726 e. The molecule has 25 rings (SSSR count). The van der Waals surface area contributed by atoms with Gasteiger partial charge in [0.15, 0.2) is 0 Å². The van der Waals surface area contributed by atoms with Crippen molar-refractivity contribution < 1.29 is 0 Å². The normalized spacial score (nSPS) is 13.0. The van der Waals surface area contributed by atoms with Crippen molar-refractivity contribution in [2.45, 2.75) is 10.8 Å². The first-order chi connectivity index (χ1) is 59.5. The van der Waals surface area contributed by atoms with Crippen LogP contribution in [0, 0.1) is 0 Å². The van der Waals surface area contributed by atoms with Crippen LogP contribution in [0.25, 0.3) is 133 Å². The number of hydrogen-bond donors (Lipinski definition) is 0. The average Bonchev–Trinajstić information content (AvgIpc) is 1.51. The predicted octanol–water partition coefficient (Wildman–Crippen LogP) is 29.6. The maximum absolute atomic E-state index is 4.35. The Morgan fingerprint density at radius 3 is 0.950 bits per heavy atom. The van der Waals surface area contributed by atoms with Crippen LogP contribution in [0.3, 0.4) is 0 Å². The van der Waals surface area contributed by atoms with E-state index in [9.17, 15) is 0 Å². The first-order valence-corrected chi connectivity index (χ1v) is 41.5. The van der Waals surface area contributed by atoms with Gasteiger partial charge in [-0.15, -0.1) is 0 Å². The van der Waals surface area contributed by atoms with Gasteiger partial charge in [-0.3, -0.25) is 4.98 Å². The van der Waals surface area contributed by atoms with E-state index in [1.807, 2.05) is 18.5 Å². The largest absolute Gasteiger partial charge is 0.310 e. The molecule has 3 aromatic heterocycles. The van der Waals surface area contributed by atoms with Crippen molar-refractivity contribution in [2.24, 2.45) is 0 Å². The van der Waals surface area contributed by atoms with Crippen molar-refractivity contribution in [3.05, 3.63) is 500 Å². The van der Waals surface area contributed by atoms with Gasteiger partial charge in [0.2, 0.25) is 0 Å². The summed E-state index contributed by atoms with van der Waals surface area (Å²) in [6.07, 6.45) is 3.73. The number of nitrogens with zero attached hydrogens (tertiary/aromatic N) is 5. The van der Waals surface area contributed by atoms with Crippen LogP contribution in [0.4, 0.5) is 34.1 Å². The van der Waals surface area contributed by atoms with Crippen LogP contribution in [-0.4, -0.2) is 14.1 Å². The second-order valence-corrected chi connectivity index (χ2v) is 32.0. The molecule has 0 unspecified atom stereocenters. The second kappa shape index (κ2) is 27.5. The Morgan fingerprint density at radius 1 is 0.183 bits per heavy atom. The number of anilines is 6. The SMILES string of the molecule is c1ccc(N(c2ccc(-c3cccnc3)cc2)c2cccc(-c3ccc4c5ccccc5n(-c5ccc6c(c5)C5(c7ccccc7-c7ccccc75)c5ccccc5-6)c4c3)c2)cc1.c1ccc(N(c2ccccc2)c2cccc(-c3ccc4c5ccccc5n(-c5ccc6c(c5)-c5ccccc5C65c6ccccc6-c6ccccc65)c4c3)c2)cc1. The minimum absolute atomic E-state index is 0.357. The maximum atomic E-state index is 4.35. The minimum Gasteiger partial charge on any atom is -0.310 e. The Kier molecular flexibility index (Phi) is 15.7. The third-order valence-corrected chi connectivity index (χ3v) is 25.9. The number of para-hydroxylation sites is 5.